The van der Waals surface area contributed by atoms with E-state index in [1.165, 1.54) is 29.2 Å². The van der Waals surface area contributed by atoms with E-state index in [0.717, 1.165) is 21.3 Å². The Kier molecular flexibility index (Phi) is 12.6. The maximum Gasteiger partial charge on any atom is 0.410 e. The fourth-order valence-electron chi connectivity index (χ4n) is 8.22. The van der Waals surface area contributed by atoms with Crippen molar-refractivity contribution < 1.29 is 59.9 Å². The van der Waals surface area contributed by atoms with Gasteiger partial charge in [0, 0.05) is 43.6 Å². The smallest absolute Gasteiger partial charge is 0.410 e. The zero-order valence-electron chi connectivity index (χ0n) is 34.8. The summed E-state index contributed by atoms with van der Waals surface area (Å²) >= 11 is 0. The van der Waals surface area contributed by atoms with Crippen molar-refractivity contribution in [3.63, 3.8) is 0 Å². The molecule has 7 rings (SSSR count). The van der Waals surface area contributed by atoms with Crippen LogP contribution in [0.5, 0.6) is 0 Å². The maximum absolute atomic E-state index is 14.8. The SMILES string of the molecule is CC(C)(C)OC(=O)N[C@H]1CCN(S(=O)(=O)c2ccccc2[N+](=O)[O-])CC/C=C\[C@@H]2C[C@@]2(C(=O)NS(=O)(=O)C2CC2)NC(O)C2C[C@@H](OC(=O)N3Cc4cccc(F)c4C3)CN2C1=O. The molecule has 0 spiro atoms. The van der Waals surface area contributed by atoms with Crippen molar-refractivity contribution >= 4 is 49.7 Å². The number of fused-ring (bicyclic) bond motifs is 3. The van der Waals surface area contributed by atoms with Crippen molar-refractivity contribution in [2.24, 2.45) is 5.92 Å². The van der Waals surface area contributed by atoms with E-state index in [4.69, 9.17) is 9.47 Å². The van der Waals surface area contributed by atoms with Crippen LogP contribution in [0.1, 0.15) is 70.4 Å². The molecular formula is C40H50FN7O13S2. The first-order valence-corrected chi connectivity index (χ1v) is 23.5. The molecule has 2 aliphatic carbocycles. The highest BCUT2D eigenvalue weighted by atomic mass is 32.2. The standard InChI is InChI=1S/C40H50FN7O13S2/c1-39(2,3)61-37(52)42-30-16-18-46(63(58,59)33-13-5-4-12-31(33)48(54)55)17-7-6-10-25-20-40(25,36(51)44-62(56,57)27-14-15-27)43-34(49)32-19-26(22-47(32)35(30)50)60-38(53)45-21-24-9-8-11-29(41)28(24)23-45/h4-6,8-13,25-27,30,32,34,43,49H,7,14-23H2,1-3H3,(H,42,52)(H,44,51)/b10-6-/t25-,26-,30+,32?,34?,40-/m1/s1. The number of hydrogen-bond acceptors (Lipinski definition) is 14. The first kappa shape index (κ1) is 45.8. The summed E-state index contributed by atoms with van der Waals surface area (Å²) in [6.07, 6.45) is -1.58. The maximum atomic E-state index is 14.8. The second-order valence-electron chi connectivity index (χ2n) is 17.4. The molecule has 20 nitrogen and oxygen atoms in total. The van der Waals surface area contributed by atoms with Crippen molar-refractivity contribution in [3.05, 3.63) is 81.7 Å². The third-order valence-corrected chi connectivity index (χ3v) is 15.4. The lowest BCUT2D eigenvalue weighted by molar-refractivity contribution is -0.387. The van der Waals surface area contributed by atoms with Gasteiger partial charge in [0.05, 0.1) is 29.3 Å². The molecule has 4 N–H and O–H groups in total. The number of sulfonamides is 2. The lowest BCUT2D eigenvalue weighted by Crippen LogP contribution is -2.60. The zero-order valence-corrected chi connectivity index (χ0v) is 36.4. The zero-order chi connectivity index (χ0) is 45.6. The lowest BCUT2D eigenvalue weighted by Gasteiger charge is -2.34. The second-order valence-corrected chi connectivity index (χ2v) is 21.3. The first-order chi connectivity index (χ1) is 29.6. The van der Waals surface area contributed by atoms with Crippen LogP contribution in [0.4, 0.5) is 19.7 Å². The number of aliphatic hydroxyl groups excluding tert-OH is 1. The average molecular weight is 920 g/mol. The van der Waals surface area contributed by atoms with Crippen LogP contribution in [0.25, 0.3) is 0 Å². The lowest BCUT2D eigenvalue weighted by atomic mass is 10.1. The van der Waals surface area contributed by atoms with Crippen LogP contribution < -0.4 is 15.4 Å². The Labute approximate surface area is 363 Å². The van der Waals surface area contributed by atoms with E-state index < -0.39 is 125 Å². The van der Waals surface area contributed by atoms with Gasteiger partial charge < -0.3 is 24.8 Å². The minimum absolute atomic E-state index is 0.00830. The van der Waals surface area contributed by atoms with Gasteiger partial charge in [-0.2, -0.15) is 4.31 Å². The molecule has 63 heavy (non-hydrogen) atoms. The number of nitro benzene ring substituents is 1. The Hall–Kier alpha value is -5.23. The number of para-hydroxylation sites is 1. The monoisotopic (exact) mass is 919 g/mol. The average Bonchev–Trinajstić information content (AvgIpc) is 4.09. The van der Waals surface area contributed by atoms with Gasteiger partial charge in [-0.25, -0.2) is 30.8 Å². The van der Waals surface area contributed by atoms with E-state index in [0.29, 0.717) is 24.0 Å². The molecule has 4 amide bonds. The molecule has 0 aromatic heterocycles. The molecule has 2 aromatic rings. The molecule has 3 aliphatic heterocycles. The molecule has 2 aromatic carbocycles. The normalized spacial score (nSPS) is 27.4. The number of nitrogens with zero attached hydrogens (tertiary/aromatic N) is 4. The van der Waals surface area contributed by atoms with Gasteiger partial charge >= 0.3 is 12.2 Å². The van der Waals surface area contributed by atoms with Gasteiger partial charge in [-0.05, 0) is 70.6 Å². The van der Waals surface area contributed by atoms with Gasteiger partial charge in [0.25, 0.3) is 11.6 Å². The van der Waals surface area contributed by atoms with Crippen LogP contribution in [-0.4, -0.2) is 125 Å². The van der Waals surface area contributed by atoms with Gasteiger partial charge in [0.2, 0.25) is 26.0 Å². The summed E-state index contributed by atoms with van der Waals surface area (Å²) in [5.41, 5.74) is -2.57. The minimum Gasteiger partial charge on any atom is -0.444 e. The highest BCUT2D eigenvalue weighted by Gasteiger charge is 2.62. The molecule has 0 radical (unpaired) electrons. The number of carbonyl (C=O) groups excluding carboxylic acids is 4. The number of carbonyl (C=O) groups is 4. The summed E-state index contributed by atoms with van der Waals surface area (Å²) in [6, 6.07) is 6.34. The van der Waals surface area contributed by atoms with Crippen LogP contribution >= 0.6 is 0 Å². The van der Waals surface area contributed by atoms with E-state index in [2.05, 4.69) is 15.4 Å². The van der Waals surface area contributed by atoms with E-state index in [9.17, 15) is 55.6 Å². The Morgan fingerprint density at radius 1 is 1.03 bits per heavy atom. The highest BCUT2D eigenvalue weighted by Crippen LogP contribution is 2.46. The van der Waals surface area contributed by atoms with E-state index >= 15 is 0 Å². The van der Waals surface area contributed by atoms with Crippen molar-refractivity contribution in [1.29, 1.82) is 0 Å². The Morgan fingerprint density at radius 3 is 2.44 bits per heavy atom. The molecule has 6 atom stereocenters. The number of benzene rings is 2. The van der Waals surface area contributed by atoms with Gasteiger partial charge in [-0.1, -0.05) is 36.4 Å². The number of amides is 4. The molecule has 3 heterocycles. The Balaban J connectivity index is 1.23. The third kappa shape index (κ3) is 9.96. The van der Waals surface area contributed by atoms with Crippen LogP contribution in [-0.2, 0) is 52.2 Å². The number of nitro groups is 1. The molecule has 5 aliphatic rings. The topological polar surface area (TPSA) is 264 Å². The van der Waals surface area contributed by atoms with Crippen LogP contribution in [0.15, 0.2) is 59.5 Å². The Morgan fingerprint density at radius 2 is 1.76 bits per heavy atom. The molecule has 3 fully saturated rings. The van der Waals surface area contributed by atoms with Gasteiger partial charge in [-0.15, -0.1) is 0 Å². The van der Waals surface area contributed by atoms with Crippen molar-refractivity contribution in [2.75, 3.05) is 19.6 Å². The molecule has 2 unspecified atom stereocenters. The Bertz CT molecular complexity index is 2430. The minimum atomic E-state index is -4.66. The predicted molar refractivity (Wildman–Crippen MR) is 219 cm³/mol. The molecule has 342 valence electrons. The predicted octanol–water partition coefficient (Wildman–Crippen LogP) is 2.36. The fraction of sp³-hybridized carbons (Fsp3) is 0.550. The fourth-order valence-corrected chi connectivity index (χ4v) is 11.2. The molecule has 2 saturated carbocycles. The number of halogens is 1. The largest absolute Gasteiger partial charge is 0.444 e. The molecular weight excluding hydrogens is 870 g/mol. The van der Waals surface area contributed by atoms with Crippen molar-refractivity contribution in [3.8, 4) is 0 Å². The second kappa shape index (κ2) is 17.4. The van der Waals surface area contributed by atoms with Crippen LogP contribution in [0.3, 0.4) is 0 Å². The number of nitrogens with one attached hydrogen (secondary N) is 3. The summed E-state index contributed by atoms with van der Waals surface area (Å²) in [5.74, 6) is -3.07. The van der Waals surface area contributed by atoms with Gasteiger partial charge in [0.1, 0.15) is 35.3 Å². The number of alkyl carbamates (subject to hydrolysis) is 1. The summed E-state index contributed by atoms with van der Waals surface area (Å²) in [4.78, 5) is 68.5. The number of hydrogen-bond donors (Lipinski definition) is 4. The van der Waals surface area contributed by atoms with E-state index in [1.54, 1.807) is 39.0 Å². The first-order valence-electron chi connectivity index (χ1n) is 20.5. The quantitative estimate of drug-likeness (QED) is 0.168. The van der Waals surface area contributed by atoms with Crippen LogP contribution in [0, 0.1) is 21.8 Å². The summed E-state index contributed by atoms with van der Waals surface area (Å²) < 4.78 is 83.3. The summed E-state index contributed by atoms with van der Waals surface area (Å²) in [5, 5.41) is 28.5. The highest BCUT2D eigenvalue weighted by molar-refractivity contribution is 7.91. The van der Waals surface area contributed by atoms with Gasteiger partial charge in [0.15, 0.2) is 4.90 Å². The van der Waals surface area contributed by atoms with Gasteiger partial charge in [-0.3, -0.25) is 34.6 Å². The number of aliphatic hydroxyl groups is 1. The van der Waals surface area contributed by atoms with Crippen molar-refractivity contribution in [1.82, 2.24) is 29.5 Å². The summed E-state index contributed by atoms with van der Waals surface area (Å²) in [6.45, 7) is 3.57. The third-order valence-electron chi connectivity index (χ3n) is 11.7. The van der Waals surface area contributed by atoms with Crippen molar-refractivity contribution in [2.45, 2.75) is 118 Å². The van der Waals surface area contributed by atoms with E-state index in [-0.39, 0.29) is 45.4 Å². The molecule has 0 bridgehead atoms. The van der Waals surface area contributed by atoms with Crippen LogP contribution in [0.2, 0.25) is 0 Å². The van der Waals surface area contributed by atoms with E-state index in [1.807, 2.05) is 0 Å². The number of ether oxygens (including phenoxy) is 2. The summed E-state index contributed by atoms with van der Waals surface area (Å²) in [7, 11) is -8.73. The number of rotatable bonds is 8. The molecule has 1 saturated heterocycles. The molecule has 23 heteroatoms.